The number of aromatic nitrogens is 4. The normalized spacial score (nSPS) is 26.5. The van der Waals surface area contributed by atoms with Gasteiger partial charge in [0.25, 0.3) is 0 Å². The predicted octanol–water partition coefficient (Wildman–Crippen LogP) is -1.51. The molecule has 0 saturated carbocycles. The van der Waals surface area contributed by atoms with Crippen molar-refractivity contribution in [2.75, 3.05) is 24.7 Å². The van der Waals surface area contributed by atoms with Crippen LogP contribution in [0.1, 0.15) is 6.23 Å². The van der Waals surface area contributed by atoms with Crippen LogP contribution in [0.3, 0.4) is 0 Å². The Morgan fingerprint density at radius 2 is 2.05 bits per heavy atom. The largest absolute Gasteiger partial charge is 0.396 e. The van der Waals surface area contributed by atoms with Gasteiger partial charge in [-0.1, -0.05) is 0 Å². The number of ether oxygens (including phenoxy) is 1. The molecule has 2 aromatic heterocycles. The average Bonchev–Trinajstić information content (AvgIpc) is 2.73. The molecule has 9 nitrogen and oxygen atoms in total. The Morgan fingerprint density at radius 1 is 1.26 bits per heavy atom. The first kappa shape index (κ1) is 12.1. The first-order chi connectivity index (χ1) is 9.15. The van der Waals surface area contributed by atoms with Crippen LogP contribution in [0.4, 0.5) is 11.8 Å². The zero-order chi connectivity index (χ0) is 13.6. The van der Waals surface area contributed by atoms with Gasteiger partial charge in [-0.2, -0.15) is 9.97 Å². The van der Waals surface area contributed by atoms with Gasteiger partial charge in [-0.15, -0.1) is 0 Å². The van der Waals surface area contributed by atoms with E-state index in [-0.39, 0.29) is 37.0 Å². The van der Waals surface area contributed by atoms with E-state index in [9.17, 15) is 5.11 Å². The summed E-state index contributed by atoms with van der Waals surface area (Å²) in [4.78, 5) is 12.0. The summed E-state index contributed by atoms with van der Waals surface area (Å²) in [6, 6.07) is 0. The lowest BCUT2D eigenvalue weighted by Crippen LogP contribution is -2.49. The number of aliphatic hydroxyl groups excluding tert-OH is 2. The molecule has 0 aliphatic carbocycles. The minimum Gasteiger partial charge on any atom is -0.396 e. The van der Waals surface area contributed by atoms with E-state index < -0.39 is 6.23 Å². The molecule has 19 heavy (non-hydrogen) atoms. The minimum atomic E-state index is -0.444. The quantitative estimate of drug-likeness (QED) is 0.524. The van der Waals surface area contributed by atoms with Gasteiger partial charge in [-0.3, -0.25) is 4.57 Å². The number of nitrogen functional groups attached to an aromatic ring is 2. The summed E-state index contributed by atoms with van der Waals surface area (Å²) in [5.41, 5.74) is 12.2. The predicted molar refractivity (Wildman–Crippen MR) is 65.7 cm³/mol. The molecule has 6 N–H and O–H groups in total. The molecule has 9 heteroatoms. The monoisotopic (exact) mass is 266 g/mol. The molecule has 3 rings (SSSR count). The van der Waals surface area contributed by atoms with Gasteiger partial charge in [0.15, 0.2) is 11.5 Å². The molecule has 3 heterocycles. The number of aliphatic hydroxyl groups is 2. The van der Waals surface area contributed by atoms with Crippen molar-refractivity contribution >= 4 is 22.9 Å². The zero-order valence-corrected chi connectivity index (χ0v) is 9.97. The van der Waals surface area contributed by atoms with Crippen LogP contribution in [0.25, 0.3) is 11.2 Å². The van der Waals surface area contributed by atoms with E-state index in [1.807, 2.05) is 0 Å². The lowest BCUT2D eigenvalue weighted by atomic mass is 9.95. The molecule has 0 bridgehead atoms. The van der Waals surface area contributed by atoms with Gasteiger partial charge < -0.3 is 26.4 Å². The standard InChI is InChI=1S/C10H14N6O3/c11-7-6-8(15-10(12)14-7)16(3-13-6)9-4(1-17)5(2-18)19-9/h3-5,9,17-18H,1-2H2,(H4,11,12,14,15)/t4-,5-,9-/m1/s1. The lowest BCUT2D eigenvalue weighted by Gasteiger charge is -2.43. The van der Waals surface area contributed by atoms with E-state index in [1.54, 1.807) is 4.57 Å². The van der Waals surface area contributed by atoms with Crippen molar-refractivity contribution in [2.24, 2.45) is 5.92 Å². The van der Waals surface area contributed by atoms with Gasteiger partial charge in [0.05, 0.1) is 31.6 Å². The van der Waals surface area contributed by atoms with E-state index >= 15 is 0 Å². The van der Waals surface area contributed by atoms with Crippen LogP contribution >= 0.6 is 0 Å². The van der Waals surface area contributed by atoms with Crippen molar-refractivity contribution in [1.82, 2.24) is 19.5 Å². The Labute approximate surface area is 107 Å². The molecular formula is C10H14N6O3. The van der Waals surface area contributed by atoms with E-state index in [0.29, 0.717) is 11.2 Å². The van der Waals surface area contributed by atoms with E-state index in [0.717, 1.165) is 0 Å². The summed E-state index contributed by atoms with van der Waals surface area (Å²) in [6.07, 6.45) is 0.681. The van der Waals surface area contributed by atoms with Crippen molar-refractivity contribution in [3.8, 4) is 0 Å². The maximum atomic E-state index is 9.33. The molecule has 0 amide bonds. The number of hydrogen-bond donors (Lipinski definition) is 4. The highest BCUT2D eigenvalue weighted by Crippen LogP contribution is 2.38. The third-order valence-corrected chi connectivity index (χ3v) is 3.29. The minimum absolute atomic E-state index is 0.0466. The van der Waals surface area contributed by atoms with Crippen LogP contribution in [0.5, 0.6) is 0 Å². The third-order valence-electron chi connectivity index (χ3n) is 3.29. The molecule has 0 spiro atoms. The summed E-state index contributed by atoms with van der Waals surface area (Å²) in [5.74, 6) is 0.0185. The fourth-order valence-electron chi connectivity index (χ4n) is 2.28. The van der Waals surface area contributed by atoms with Gasteiger partial charge in [-0.05, 0) is 0 Å². The highest BCUT2D eigenvalue weighted by molar-refractivity contribution is 5.82. The zero-order valence-electron chi connectivity index (χ0n) is 9.97. The molecule has 0 radical (unpaired) electrons. The molecule has 1 aliphatic heterocycles. The second kappa shape index (κ2) is 4.30. The molecule has 0 unspecified atom stereocenters. The lowest BCUT2D eigenvalue weighted by molar-refractivity contribution is -0.243. The molecule has 1 saturated heterocycles. The molecule has 3 atom stereocenters. The Hall–Kier alpha value is -1.97. The topological polar surface area (TPSA) is 145 Å². The number of rotatable bonds is 3. The maximum Gasteiger partial charge on any atom is 0.224 e. The number of nitrogens with zero attached hydrogens (tertiary/aromatic N) is 4. The van der Waals surface area contributed by atoms with Gasteiger partial charge in [0, 0.05) is 0 Å². The van der Waals surface area contributed by atoms with Gasteiger partial charge >= 0.3 is 0 Å². The van der Waals surface area contributed by atoms with Gasteiger partial charge in [-0.25, -0.2) is 4.98 Å². The highest BCUT2D eigenvalue weighted by Gasteiger charge is 2.43. The highest BCUT2D eigenvalue weighted by atomic mass is 16.5. The number of imidazole rings is 1. The van der Waals surface area contributed by atoms with Crippen LogP contribution in [-0.2, 0) is 4.74 Å². The molecule has 2 aromatic rings. The smallest absolute Gasteiger partial charge is 0.224 e. The molecular weight excluding hydrogens is 252 g/mol. The van der Waals surface area contributed by atoms with Gasteiger partial charge in [0.1, 0.15) is 11.7 Å². The van der Waals surface area contributed by atoms with Crippen LogP contribution < -0.4 is 11.5 Å². The van der Waals surface area contributed by atoms with E-state index in [2.05, 4.69) is 15.0 Å². The fraction of sp³-hybridized carbons (Fsp3) is 0.500. The van der Waals surface area contributed by atoms with Crippen molar-refractivity contribution in [3.05, 3.63) is 6.33 Å². The second-order valence-electron chi connectivity index (χ2n) is 4.39. The Kier molecular flexibility index (Phi) is 2.73. The molecule has 102 valence electrons. The number of nitrogens with two attached hydrogens (primary N) is 2. The van der Waals surface area contributed by atoms with E-state index in [1.165, 1.54) is 6.33 Å². The number of fused-ring (bicyclic) bond motifs is 1. The summed E-state index contributed by atoms with van der Waals surface area (Å²) in [6.45, 7) is -0.251. The third kappa shape index (κ3) is 1.70. The first-order valence-electron chi connectivity index (χ1n) is 5.78. The van der Waals surface area contributed by atoms with Crippen LogP contribution in [0.2, 0.25) is 0 Å². The van der Waals surface area contributed by atoms with Crippen molar-refractivity contribution in [2.45, 2.75) is 12.3 Å². The Morgan fingerprint density at radius 3 is 2.74 bits per heavy atom. The Bertz CT molecular complexity index is 615. The molecule has 1 fully saturated rings. The second-order valence-corrected chi connectivity index (χ2v) is 4.39. The van der Waals surface area contributed by atoms with Crippen molar-refractivity contribution in [3.63, 3.8) is 0 Å². The van der Waals surface area contributed by atoms with Gasteiger partial charge in [0.2, 0.25) is 5.95 Å². The maximum absolute atomic E-state index is 9.33. The van der Waals surface area contributed by atoms with Crippen molar-refractivity contribution < 1.29 is 14.9 Å². The Balaban J connectivity index is 2.02. The molecule has 0 aromatic carbocycles. The fourth-order valence-corrected chi connectivity index (χ4v) is 2.28. The van der Waals surface area contributed by atoms with E-state index in [4.69, 9.17) is 21.3 Å². The average molecular weight is 266 g/mol. The summed E-state index contributed by atoms with van der Waals surface area (Å²) < 4.78 is 7.13. The first-order valence-corrected chi connectivity index (χ1v) is 5.78. The van der Waals surface area contributed by atoms with Crippen molar-refractivity contribution in [1.29, 1.82) is 0 Å². The number of anilines is 2. The number of hydrogen-bond acceptors (Lipinski definition) is 8. The summed E-state index contributed by atoms with van der Waals surface area (Å²) >= 11 is 0. The van der Waals surface area contributed by atoms with Crippen LogP contribution in [0.15, 0.2) is 6.33 Å². The summed E-state index contributed by atoms with van der Waals surface area (Å²) in [7, 11) is 0. The van der Waals surface area contributed by atoms with Crippen LogP contribution in [0, 0.1) is 5.92 Å². The summed E-state index contributed by atoms with van der Waals surface area (Å²) in [5, 5.41) is 18.4. The van der Waals surface area contributed by atoms with Crippen LogP contribution in [-0.4, -0.2) is 49.0 Å². The molecule has 1 aliphatic rings. The SMILES string of the molecule is Nc1nc(N)c2ncn([C@@H]3O[C@H](CO)[C@H]3CO)c2n1.